The molecule has 0 bridgehead atoms. The van der Waals surface area contributed by atoms with Crippen LogP contribution in [-0.4, -0.2) is 16.8 Å². The summed E-state index contributed by atoms with van der Waals surface area (Å²) in [6.07, 6.45) is 3.72. The topological polar surface area (TPSA) is 24.1 Å². The average molecular weight is 465 g/mol. The summed E-state index contributed by atoms with van der Waals surface area (Å²) in [6.45, 7) is 1.81. The van der Waals surface area contributed by atoms with Gasteiger partial charge in [0.05, 0.1) is 0 Å². The van der Waals surface area contributed by atoms with E-state index in [1.165, 1.54) is 29.9 Å². The van der Waals surface area contributed by atoms with Gasteiger partial charge in [-0.2, -0.15) is 0 Å². The fourth-order valence-electron chi connectivity index (χ4n) is 4.74. The quantitative estimate of drug-likeness (QED) is 0.325. The molecule has 1 fully saturated rings. The predicted octanol–water partition coefficient (Wildman–Crippen LogP) is 6.13. The fraction of sp³-hybridized carbons (Fsp3) is 0.296. The molecule has 32 heavy (non-hydrogen) atoms. The Bertz CT molecular complexity index is 958. The number of alkyl halides is 1. The zero-order valence-electron chi connectivity index (χ0n) is 18.4. The van der Waals surface area contributed by atoms with Crippen LogP contribution in [0.5, 0.6) is 0 Å². The number of thiocarbonyl (C=S) groups is 1. The summed E-state index contributed by atoms with van der Waals surface area (Å²) in [5.74, 6) is 0.551. The molecule has 4 rings (SSSR count). The normalized spacial score (nSPS) is 19.0. The molecule has 0 aromatic heterocycles. The Morgan fingerprint density at radius 1 is 0.938 bits per heavy atom. The Balaban J connectivity index is 1.48. The molecule has 1 saturated carbocycles. The number of nitrogens with one attached hydrogen (secondary N) is 2. The molecular formula is C27H30FN2PS. The SMILES string of the molecule is C[C@@H](NC(=S)Nc1ccc(CF)cc1)C1CCCC1P(c1ccccc1)c1ccccc1. The molecule has 1 aliphatic carbocycles. The Morgan fingerprint density at radius 3 is 2.09 bits per heavy atom. The van der Waals surface area contributed by atoms with E-state index in [1.807, 2.05) is 12.1 Å². The van der Waals surface area contributed by atoms with Crippen molar-refractivity contribution >= 4 is 41.5 Å². The lowest BCUT2D eigenvalue weighted by atomic mass is 9.99. The maximum absolute atomic E-state index is 12.8. The summed E-state index contributed by atoms with van der Waals surface area (Å²) in [4.78, 5) is 0. The van der Waals surface area contributed by atoms with Gasteiger partial charge in [0.2, 0.25) is 0 Å². The van der Waals surface area contributed by atoms with Gasteiger partial charge in [0, 0.05) is 11.7 Å². The summed E-state index contributed by atoms with van der Waals surface area (Å²) in [5, 5.41) is 10.3. The number of rotatable bonds is 7. The maximum Gasteiger partial charge on any atom is 0.170 e. The summed E-state index contributed by atoms with van der Waals surface area (Å²) >= 11 is 5.61. The van der Waals surface area contributed by atoms with Crippen molar-refractivity contribution in [2.75, 3.05) is 5.32 Å². The molecule has 3 aromatic rings. The summed E-state index contributed by atoms with van der Waals surface area (Å²) in [7, 11) is -0.442. The molecule has 0 amide bonds. The van der Waals surface area contributed by atoms with E-state index in [2.05, 4.69) is 78.2 Å². The molecule has 2 N–H and O–H groups in total. The first-order chi connectivity index (χ1) is 15.7. The fourth-order valence-corrected chi connectivity index (χ4v) is 8.33. The Labute approximate surface area is 197 Å². The highest BCUT2D eigenvalue weighted by Crippen LogP contribution is 2.50. The van der Waals surface area contributed by atoms with Crippen molar-refractivity contribution in [2.45, 2.75) is 44.6 Å². The first-order valence-corrected chi connectivity index (χ1v) is 13.1. The van der Waals surface area contributed by atoms with Crippen LogP contribution < -0.4 is 21.2 Å². The van der Waals surface area contributed by atoms with Crippen molar-refractivity contribution in [1.29, 1.82) is 0 Å². The van der Waals surface area contributed by atoms with Gasteiger partial charge < -0.3 is 10.6 Å². The van der Waals surface area contributed by atoms with Crippen molar-refractivity contribution in [2.24, 2.45) is 5.92 Å². The second-order valence-electron chi connectivity index (χ2n) is 8.42. The Kier molecular flexibility index (Phi) is 7.89. The van der Waals surface area contributed by atoms with Crippen LogP contribution in [0.4, 0.5) is 10.1 Å². The smallest absolute Gasteiger partial charge is 0.170 e. The van der Waals surface area contributed by atoms with Gasteiger partial charge in [0.1, 0.15) is 6.67 Å². The molecule has 0 saturated heterocycles. The minimum absolute atomic E-state index is 0.269. The monoisotopic (exact) mass is 464 g/mol. The molecule has 166 valence electrons. The van der Waals surface area contributed by atoms with E-state index >= 15 is 0 Å². The van der Waals surface area contributed by atoms with Crippen LogP contribution >= 0.6 is 20.1 Å². The van der Waals surface area contributed by atoms with Gasteiger partial charge in [-0.05, 0) is 79.8 Å². The maximum atomic E-state index is 12.8. The van der Waals surface area contributed by atoms with E-state index < -0.39 is 14.6 Å². The first-order valence-electron chi connectivity index (χ1n) is 11.3. The summed E-state index contributed by atoms with van der Waals surface area (Å²) in [5.41, 5.74) is 2.17. The minimum atomic E-state index is -0.450. The molecular weight excluding hydrogens is 434 g/mol. The van der Waals surface area contributed by atoms with Crippen LogP contribution in [0.1, 0.15) is 31.7 Å². The lowest BCUT2D eigenvalue weighted by molar-refractivity contribution is 0.434. The highest BCUT2D eigenvalue weighted by Gasteiger charge is 2.38. The number of anilines is 1. The molecule has 0 aliphatic heterocycles. The number of halogens is 1. The van der Waals surface area contributed by atoms with Crippen LogP contribution in [-0.2, 0) is 6.67 Å². The third kappa shape index (κ3) is 5.54. The van der Waals surface area contributed by atoms with Crippen LogP contribution in [0.3, 0.4) is 0 Å². The molecule has 3 atom stereocenters. The van der Waals surface area contributed by atoms with Crippen LogP contribution in [0.2, 0.25) is 0 Å². The number of hydrogen-bond donors (Lipinski definition) is 2. The van der Waals surface area contributed by atoms with E-state index in [9.17, 15) is 4.39 Å². The molecule has 5 heteroatoms. The van der Waals surface area contributed by atoms with E-state index in [-0.39, 0.29) is 6.04 Å². The Hall–Kier alpha value is -2.29. The predicted molar refractivity (Wildman–Crippen MR) is 140 cm³/mol. The zero-order valence-corrected chi connectivity index (χ0v) is 20.1. The van der Waals surface area contributed by atoms with Crippen LogP contribution in [0, 0.1) is 5.92 Å². The zero-order chi connectivity index (χ0) is 22.3. The van der Waals surface area contributed by atoms with Gasteiger partial charge >= 0.3 is 0 Å². The van der Waals surface area contributed by atoms with Crippen molar-refractivity contribution in [3.63, 3.8) is 0 Å². The van der Waals surface area contributed by atoms with Gasteiger partial charge in [-0.1, -0.05) is 79.2 Å². The summed E-state index contributed by atoms with van der Waals surface area (Å²) < 4.78 is 12.8. The lowest BCUT2D eigenvalue weighted by Gasteiger charge is -2.34. The molecule has 0 radical (unpaired) electrons. The first kappa shape index (κ1) is 22.9. The molecule has 0 spiro atoms. The lowest BCUT2D eigenvalue weighted by Crippen LogP contribution is -2.43. The van der Waals surface area contributed by atoms with E-state index in [0.29, 0.717) is 22.3 Å². The van der Waals surface area contributed by atoms with E-state index in [0.717, 1.165) is 5.69 Å². The van der Waals surface area contributed by atoms with Crippen LogP contribution in [0.15, 0.2) is 84.9 Å². The van der Waals surface area contributed by atoms with Gasteiger partial charge in [-0.15, -0.1) is 0 Å². The second-order valence-corrected chi connectivity index (χ2v) is 11.3. The average Bonchev–Trinajstić information content (AvgIpc) is 3.31. The minimum Gasteiger partial charge on any atom is -0.360 e. The van der Waals surface area contributed by atoms with Gasteiger partial charge in [0.15, 0.2) is 5.11 Å². The van der Waals surface area contributed by atoms with Gasteiger partial charge in [-0.3, -0.25) is 0 Å². The highest BCUT2D eigenvalue weighted by molar-refractivity contribution is 7.80. The number of benzene rings is 3. The second kappa shape index (κ2) is 11.0. The molecule has 2 nitrogen and oxygen atoms in total. The van der Waals surface area contributed by atoms with Gasteiger partial charge in [-0.25, -0.2) is 4.39 Å². The third-order valence-corrected chi connectivity index (χ3v) is 9.53. The van der Waals surface area contributed by atoms with Crippen molar-refractivity contribution in [3.05, 3.63) is 90.5 Å². The Morgan fingerprint density at radius 2 is 1.53 bits per heavy atom. The van der Waals surface area contributed by atoms with E-state index in [1.54, 1.807) is 12.1 Å². The molecule has 3 aromatic carbocycles. The summed E-state index contributed by atoms with van der Waals surface area (Å²) in [6, 6.07) is 29.6. The van der Waals surface area contributed by atoms with E-state index in [4.69, 9.17) is 12.2 Å². The molecule has 2 unspecified atom stereocenters. The number of hydrogen-bond acceptors (Lipinski definition) is 1. The van der Waals surface area contributed by atoms with Gasteiger partial charge in [0.25, 0.3) is 0 Å². The van der Waals surface area contributed by atoms with Crippen molar-refractivity contribution < 1.29 is 4.39 Å². The van der Waals surface area contributed by atoms with Crippen molar-refractivity contribution in [1.82, 2.24) is 5.32 Å². The van der Waals surface area contributed by atoms with Crippen LogP contribution in [0.25, 0.3) is 0 Å². The molecule has 0 heterocycles. The molecule has 1 aliphatic rings. The largest absolute Gasteiger partial charge is 0.360 e. The van der Waals surface area contributed by atoms with Crippen molar-refractivity contribution in [3.8, 4) is 0 Å². The standard InChI is InChI=1S/C27H30FN2PS/c1-20(29-27(32)30-22-17-15-21(19-28)16-18-22)25-13-8-14-26(25)31(23-9-4-2-5-10-23)24-11-6-3-7-12-24/h2-7,9-12,15-18,20,25-26H,8,13-14,19H2,1H3,(H2,29,30,32)/t20-,25?,26?/m1/s1. The highest BCUT2D eigenvalue weighted by atomic mass is 32.1. The third-order valence-electron chi connectivity index (χ3n) is 6.30.